The Bertz CT molecular complexity index is 918. The van der Waals surface area contributed by atoms with E-state index >= 15 is 0 Å². The fourth-order valence-corrected chi connectivity index (χ4v) is 5.30. The van der Waals surface area contributed by atoms with Crippen LogP contribution < -0.4 is 9.80 Å². The molecule has 0 bridgehead atoms. The molecule has 0 N–H and O–H groups in total. The maximum absolute atomic E-state index is 13.3. The molecule has 5 rings (SSSR count). The zero-order valence-electron chi connectivity index (χ0n) is 19.1. The van der Waals surface area contributed by atoms with Gasteiger partial charge in [-0.25, -0.2) is 0 Å². The topological polar surface area (TPSA) is 48.9 Å². The van der Waals surface area contributed by atoms with Crippen molar-refractivity contribution in [3.05, 3.63) is 53.9 Å². The molecule has 0 aliphatic carbocycles. The largest absolute Gasteiger partial charge is 0.381 e. The Kier molecular flexibility index (Phi) is 6.42. The van der Waals surface area contributed by atoms with Gasteiger partial charge in [-0.15, -0.1) is 0 Å². The van der Waals surface area contributed by atoms with Gasteiger partial charge in [0, 0.05) is 70.2 Å². The van der Waals surface area contributed by atoms with E-state index in [-0.39, 0.29) is 11.8 Å². The number of ether oxygens (including phenoxy) is 1. The first-order chi connectivity index (χ1) is 15.7. The molecule has 6 nitrogen and oxygen atoms in total. The molecule has 0 spiro atoms. The van der Waals surface area contributed by atoms with Gasteiger partial charge in [-0.05, 0) is 62.1 Å². The molecular formula is C26H34N4O2. The molecule has 3 aliphatic rings. The number of hydrogen-bond donors (Lipinski definition) is 0. The lowest BCUT2D eigenvalue weighted by Crippen LogP contribution is -2.45. The fraction of sp³-hybridized carbons (Fsp3) is 0.538. The van der Waals surface area contributed by atoms with Crippen LogP contribution in [0, 0.1) is 5.92 Å². The molecule has 0 radical (unpaired) electrons. The van der Waals surface area contributed by atoms with Crippen molar-refractivity contribution in [2.45, 2.75) is 31.6 Å². The molecule has 3 saturated heterocycles. The van der Waals surface area contributed by atoms with Crippen LogP contribution in [0.4, 0.5) is 11.4 Å². The third-order valence-electron chi connectivity index (χ3n) is 7.36. The third kappa shape index (κ3) is 4.52. The number of amides is 1. The predicted molar refractivity (Wildman–Crippen MR) is 127 cm³/mol. The van der Waals surface area contributed by atoms with Gasteiger partial charge < -0.3 is 19.4 Å². The van der Waals surface area contributed by atoms with Gasteiger partial charge >= 0.3 is 0 Å². The van der Waals surface area contributed by atoms with Crippen molar-refractivity contribution < 1.29 is 9.53 Å². The normalized spacial score (nSPS) is 23.2. The summed E-state index contributed by atoms with van der Waals surface area (Å²) in [5.41, 5.74) is 4.65. The van der Waals surface area contributed by atoms with Crippen molar-refractivity contribution in [2.24, 2.45) is 5.92 Å². The number of aromatic nitrogens is 1. The van der Waals surface area contributed by atoms with Crippen molar-refractivity contribution in [1.82, 2.24) is 9.88 Å². The van der Waals surface area contributed by atoms with Crippen molar-refractivity contribution in [3.63, 3.8) is 0 Å². The van der Waals surface area contributed by atoms with Gasteiger partial charge in [-0.3, -0.25) is 9.78 Å². The molecule has 4 heterocycles. The monoisotopic (exact) mass is 434 g/mol. The average molecular weight is 435 g/mol. The molecule has 32 heavy (non-hydrogen) atoms. The highest BCUT2D eigenvalue weighted by atomic mass is 16.5. The average Bonchev–Trinajstić information content (AvgIpc) is 3.20. The summed E-state index contributed by atoms with van der Waals surface area (Å²) in [5, 5.41) is 0. The van der Waals surface area contributed by atoms with Crippen LogP contribution in [0.25, 0.3) is 0 Å². The van der Waals surface area contributed by atoms with Crippen LogP contribution in [0.15, 0.2) is 42.6 Å². The number of piperazine rings is 1. The number of pyridine rings is 1. The lowest BCUT2D eigenvalue weighted by Gasteiger charge is -2.35. The van der Waals surface area contributed by atoms with Crippen molar-refractivity contribution in [1.29, 1.82) is 0 Å². The zero-order valence-corrected chi connectivity index (χ0v) is 19.1. The highest BCUT2D eigenvalue weighted by molar-refractivity contribution is 5.97. The van der Waals surface area contributed by atoms with Gasteiger partial charge in [0.2, 0.25) is 5.91 Å². The first-order valence-corrected chi connectivity index (χ1v) is 12.1. The number of likely N-dealkylation sites (N-methyl/N-ethyl adjacent to an activating group) is 1. The van der Waals surface area contributed by atoms with Crippen LogP contribution in [0.3, 0.4) is 0 Å². The number of hydrogen-bond acceptors (Lipinski definition) is 5. The number of rotatable bonds is 5. The number of carbonyl (C=O) groups excluding carboxylic acids is 1. The molecule has 1 atom stereocenters. The Morgan fingerprint density at radius 3 is 2.47 bits per heavy atom. The van der Waals surface area contributed by atoms with E-state index in [0.717, 1.165) is 83.0 Å². The van der Waals surface area contributed by atoms with E-state index in [4.69, 9.17) is 9.72 Å². The van der Waals surface area contributed by atoms with Crippen molar-refractivity contribution in [2.75, 3.05) is 62.8 Å². The van der Waals surface area contributed by atoms with E-state index in [0.29, 0.717) is 5.92 Å². The zero-order chi connectivity index (χ0) is 21.9. The summed E-state index contributed by atoms with van der Waals surface area (Å²) in [5.74, 6) is 0.821. The van der Waals surface area contributed by atoms with Crippen LogP contribution in [0.1, 0.15) is 36.4 Å². The van der Waals surface area contributed by atoms with Gasteiger partial charge in [-0.2, -0.15) is 0 Å². The summed E-state index contributed by atoms with van der Waals surface area (Å²) in [4.78, 5) is 24.7. The van der Waals surface area contributed by atoms with Gasteiger partial charge in [0.1, 0.15) is 0 Å². The summed E-state index contributed by atoms with van der Waals surface area (Å²) < 4.78 is 5.49. The van der Waals surface area contributed by atoms with E-state index in [2.05, 4.69) is 47.2 Å². The Balaban J connectivity index is 1.25. The Morgan fingerprint density at radius 2 is 1.72 bits per heavy atom. The van der Waals surface area contributed by atoms with Crippen LogP contribution in [0.2, 0.25) is 0 Å². The number of nitrogens with zero attached hydrogens (tertiary/aromatic N) is 4. The molecule has 3 fully saturated rings. The smallest absolute Gasteiger partial charge is 0.230 e. The molecule has 3 aliphatic heterocycles. The molecule has 2 aromatic rings. The highest BCUT2D eigenvalue weighted by Crippen LogP contribution is 2.32. The van der Waals surface area contributed by atoms with Gasteiger partial charge in [0.25, 0.3) is 0 Å². The maximum atomic E-state index is 13.3. The summed E-state index contributed by atoms with van der Waals surface area (Å²) in [6.45, 7) is 6.64. The molecule has 0 unspecified atom stereocenters. The lowest BCUT2D eigenvalue weighted by molar-refractivity contribution is -0.120. The number of carbonyl (C=O) groups is 1. The number of benzene rings is 1. The quantitative estimate of drug-likeness (QED) is 0.723. The van der Waals surface area contributed by atoms with Crippen molar-refractivity contribution in [3.8, 4) is 0 Å². The standard InChI is InChI=1S/C26H34N4O2/c1-28-13-15-29(16-14-28)25-3-2-11-27-24(25)19-22-8-12-30(26(22)31)23-6-4-20(5-7-23)21-9-17-32-18-10-21/h2-7,11,21-22H,8-10,12-19H2,1H3/t22-/m1/s1. The van der Waals surface area contributed by atoms with Crippen LogP contribution in [-0.4, -0.2) is 68.8 Å². The Hall–Kier alpha value is -2.44. The van der Waals surface area contributed by atoms with Crippen LogP contribution >= 0.6 is 0 Å². The van der Waals surface area contributed by atoms with Crippen LogP contribution in [0.5, 0.6) is 0 Å². The second kappa shape index (κ2) is 9.59. The van der Waals surface area contributed by atoms with Crippen LogP contribution in [-0.2, 0) is 16.0 Å². The SMILES string of the molecule is CN1CCN(c2cccnc2C[C@H]2CCN(c3ccc(C4CCOCC4)cc3)C2=O)CC1. The molecule has 170 valence electrons. The van der Waals surface area contributed by atoms with E-state index < -0.39 is 0 Å². The molecule has 6 heteroatoms. The minimum atomic E-state index is 0.00582. The molecule has 1 aromatic carbocycles. The minimum Gasteiger partial charge on any atom is -0.381 e. The molecular weight excluding hydrogens is 400 g/mol. The first-order valence-electron chi connectivity index (χ1n) is 12.1. The van der Waals surface area contributed by atoms with Crippen molar-refractivity contribution >= 4 is 17.3 Å². The predicted octanol–water partition coefficient (Wildman–Crippen LogP) is 3.32. The molecule has 1 amide bonds. The van der Waals surface area contributed by atoms with E-state index in [1.165, 1.54) is 11.3 Å². The first kappa shape index (κ1) is 21.4. The molecule has 0 saturated carbocycles. The lowest BCUT2D eigenvalue weighted by atomic mass is 9.91. The van der Waals surface area contributed by atoms with E-state index in [9.17, 15) is 4.79 Å². The second-order valence-corrected chi connectivity index (χ2v) is 9.42. The van der Waals surface area contributed by atoms with E-state index in [1.807, 2.05) is 17.2 Å². The van der Waals surface area contributed by atoms with Gasteiger partial charge in [-0.1, -0.05) is 12.1 Å². The Morgan fingerprint density at radius 1 is 0.969 bits per heavy atom. The Labute approximate surface area is 191 Å². The molecule has 1 aromatic heterocycles. The summed E-state index contributed by atoms with van der Waals surface area (Å²) in [6, 6.07) is 12.8. The summed E-state index contributed by atoms with van der Waals surface area (Å²) in [6.07, 6.45) is 5.64. The van der Waals surface area contributed by atoms with Gasteiger partial charge in [0.05, 0.1) is 11.4 Å². The minimum absolute atomic E-state index is 0.00582. The van der Waals surface area contributed by atoms with E-state index in [1.54, 1.807) is 0 Å². The highest BCUT2D eigenvalue weighted by Gasteiger charge is 2.34. The summed E-state index contributed by atoms with van der Waals surface area (Å²) >= 11 is 0. The second-order valence-electron chi connectivity index (χ2n) is 9.42. The fourth-order valence-electron chi connectivity index (χ4n) is 5.30. The maximum Gasteiger partial charge on any atom is 0.230 e. The summed E-state index contributed by atoms with van der Waals surface area (Å²) in [7, 11) is 2.17. The number of anilines is 2. The third-order valence-corrected chi connectivity index (χ3v) is 7.36. The van der Waals surface area contributed by atoms with Gasteiger partial charge in [0.15, 0.2) is 0 Å².